The number of halogens is 3. The third-order valence-corrected chi connectivity index (χ3v) is 6.78. The van der Waals surface area contributed by atoms with Crippen molar-refractivity contribution < 1.29 is 31.1 Å². The van der Waals surface area contributed by atoms with E-state index in [0.717, 1.165) is 12.1 Å². The Labute approximate surface area is 182 Å². The Balaban J connectivity index is 1.98. The lowest BCUT2D eigenvalue weighted by molar-refractivity contribution is -0.137. The molecular weight excluding hydrogens is 447 g/mol. The Kier molecular flexibility index (Phi) is 5.66. The van der Waals surface area contributed by atoms with Gasteiger partial charge in [-0.15, -0.1) is 0 Å². The number of amides is 1. The van der Waals surface area contributed by atoms with Crippen LogP contribution in [0.3, 0.4) is 0 Å². The van der Waals surface area contributed by atoms with Gasteiger partial charge in [0.1, 0.15) is 16.7 Å². The summed E-state index contributed by atoms with van der Waals surface area (Å²) in [4.78, 5) is 12.7. The van der Waals surface area contributed by atoms with Gasteiger partial charge in [0.05, 0.1) is 22.8 Å². The number of hydrogen-bond acceptors (Lipinski definition) is 6. The van der Waals surface area contributed by atoms with Crippen molar-refractivity contribution in [3.63, 3.8) is 0 Å². The summed E-state index contributed by atoms with van der Waals surface area (Å²) in [5, 5.41) is 18.1. The van der Waals surface area contributed by atoms with Crippen molar-refractivity contribution in [1.29, 1.82) is 10.5 Å². The van der Waals surface area contributed by atoms with Crippen LogP contribution in [0.5, 0.6) is 5.75 Å². The summed E-state index contributed by atoms with van der Waals surface area (Å²) in [6.45, 7) is 2.77. The molecule has 1 unspecified atom stereocenters. The minimum Gasteiger partial charge on any atom is -0.480 e. The zero-order valence-electron chi connectivity index (χ0n) is 16.8. The Morgan fingerprint density at radius 1 is 1.09 bits per heavy atom. The van der Waals surface area contributed by atoms with Gasteiger partial charge in [0.2, 0.25) is 0 Å². The van der Waals surface area contributed by atoms with Crippen molar-refractivity contribution in [2.75, 3.05) is 6.54 Å². The summed E-state index contributed by atoms with van der Waals surface area (Å²) in [6, 6.07) is 11.2. The molecule has 3 rings (SSSR count). The highest BCUT2D eigenvalue weighted by Crippen LogP contribution is 2.39. The minimum absolute atomic E-state index is 0.149. The van der Waals surface area contributed by atoms with Gasteiger partial charge in [0.15, 0.2) is 6.10 Å². The number of benzene rings is 2. The van der Waals surface area contributed by atoms with Gasteiger partial charge in [-0.2, -0.15) is 23.7 Å². The average molecular weight is 463 g/mol. The number of nitrogens with zero attached hydrogens (tertiary/aromatic N) is 3. The predicted octanol–water partition coefficient (Wildman–Crippen LogP) is 3.45. The number of ether oxygens (including phenoxy) is 1. The third-order valence-electron chi connectivity index (χ3n) is 4.98. The van der Waals surface area contributed by atoms with Gasteiger partial charge in [0.25, 0.3) is 15.9 Å². The van der Waals surface area contributed by atoms with Gasteiger partial charge in [-0.3, -0.25) is 4.79 Å². The molecule has 1 heterocycles. The maximum absolute atomic E-state index is 13.2. The minimum atomic E-state index is -4.82. The van der Waals surface area contributed by atoms with Gasteiger partial charge >= 0.3 is 6.18 Å². The van der Waals surface area contributed by atoms with E-state index in [1.165, 1.54) is 44.2 Å². The lowest BCUT2D eigenvalue weighted by atomic mass is 9.89. The van der Waals surface area contributed by atoms with Gasteiger partial charge in [-0.25, -0.2) is 12.7 Å². The molecule has 0 spiro atoms. The summed E-state index contributed by atoms with van der Waals surface area (Å²) in [6.07, 6.45) is -6.24. The van der Waals surface area contributed by atoms with Gasteiger partial charge in [0, 0.05) is 12.0 Å². The van der Waals surface area contributed by atoms with Crippen molar-refractivity contribution in [2.24, 2.45) is 5.41 Å². The van der Waals surface area contributed by atoms with E-state index < -0.39 is 44.8 Å². The summed E-state index contributed by atoms with van der Waals surface area (Å²) in [5.74, 6) is -1.31. The molecule has 0 aromatic heterocycles. The Morgan fingerprint density at radius 3 is 2.31 bits per heavy atom. The highest BCUT2D eigenvalue weighted by atomic mass is 32.2. The quantitative estimate of drug-likeness (QED) is 0.687. The van der Waals surface area contributed by atoms with Crippen LogP contribution in [-0.4, -0.2) is 31.3 Å². The van der Waals surface area contributed by atoms with Crippen molar-refractivity contribution in [3.05, 3.63) is 59.2 Å². The van der Waals surface area contributed by atoms with Gasteiger partial charge in [-0.05, 0) is 30.3 Å². The van der Waals surface area contributed by atoms with E-state index in [1.807, 2.05) is 0 Å². The van der Waals surface area contributed by atoms with Crippen LogP contribution in [0.1, 0.15) is 30.5 Å². The molecule has 1 fully saturated rings. The number of carbonyl (C=O) groups is 1. The first-order valence-electron chi connectivity index (χ1n) is 9.16. The average Bonchev–Trinajstić information content (AvgIpc) is 2.97. The molecule has 0 N–H and O–H groups in total. The summed E-state index contributed by atoms with van der Waals surface area (Å²) < 4.78 is 72.0. The molecule has 32 heavy (non-hydrogen) atoms. The lowest BCUT2D eigenvalue weighted by Gasteiger charge is -2.24. The molecule has 2 aromatic rings. The van der Waals surface area contributed by atoms with Crippen LogP contribution in [0, 0.1) is 28.1 Å². The van der Waals surface area contributed by atoms with Crippen LogP contribution >= 0.6 is 0 Å². The summed E-state index contributed by atoms with van der Waals surface area (Å²) in [7, 11) is -4.41. The van der Waals surface area contributed by atoms with E-state index in [-0.39, 0.29) is 22.8 Å². The summed E-state index contributed by atoms with van der Waals surface area (Å²) >= 11 is 0. The van der Waals surface area contributed by atoms with E-state index >= 15 is 0 Å². The number of alkyl halides is 3. The van der Waals surface area contributed by atoms with Crippen molar-refractivity contribution in [3.8, 4) is 17.9 Å². The van der Waals surface area contributed by atoms with Gasteiger partial charge in [-0.1, -0.05) is 26.0 Å². The van der Waals surface area contributed by atoms with Crippen LogP contribution in [-0.2, 0) is 21.0 Å². The standard InChI is InChI=1S/C21H16F3N3O4S/c1-20(2)12-27(32(29,30)17-6-4-3-5-14(17)11-26)19(28)18(20)31-15-8-7-13(10-25)16(9-15)21(22,23)24/h3-9,18H,12H2,1-2H3. The molecule has 0 saturated carbocycles. The fourth-order valence-electron chi connectivity index (χ4n) is 3.38. The Bertz CT molecular complexity index is 1270. The SMILES string of the molecule is CC1(C)CN(S(=O)(=O)c2ccccc2C#N)C(=O)C1Oc1ccc(C#N)c(C(F)(F)F)c1. The van der Waals surface area contributed by atoms with Crippen LogP contribution < -0.4 is 4.74 Å². The molecule has 1 aliphatic rings. The van der Waals surface area contributed by atoms with Crippen LogP contribution in [0.15, 0.2) is 47.4 Å². The van der Waals surface area contributed by atoms with Crippen molar-refractivity contribution >= 4 is 15.9 Å². The molecule has 1 amide bonds. The molecule has 11 heteroatoms. The number of hydrogen-bond donors (Lipinski definition) is 0. The summed E-state index contributed by atoms with van der Waals surface area (Å²) in [5.41, 5.74) is -3.09. The number of rotatable bonds is 4. The molecule has 0 radical (unpaired) electrons. The van der Waals surface area contributed by atoms with E-state index in [1.54, 1.807) is 6.07 Å². The molecule has 7 nitrogen and oxygen atoms in total. The second kappa shape index (κ2) is 7.84. The normalized spacial score (nSPS) is 18.2. The number of sulfonamides is 1. The molecule has 1 saturated heterocycles. The van der Waals surface area contributed by atoms with Gasteiger partial charge < -0.3 is 4.74 Å². The number of carbonyl (C=O) groups excluding carboxylic acids is 1. The van der Waals surface area contributed by atoms with Crippen molar-refractivity contribution in [1.82, 2.24) is 4.31 Å². The third kappa shape index (κ3) is 3.99. The first-order chi connectivity index (χ1) is 14.8. The molecule has 1 atom stereocenters. The molecule has 1 aliphatic heterocycles. The molecular formula is C21H16F3N3O4S. The maximum Gasteiger partial charge on any atom is 0.417 e. The Morgan fingerprint density at radius 2 is 1.72 bits per heavy atom. The van der Waals surface area contributed by atoms with E-state index in [2.05, 4.69) is 0 Å². The van der Waals surface area contributed by atoms with Crippen molar-refractivity contribution in [2.45, 2.75) is 31.0 Å². The zero-order chi connectivity index (χ0) is 23.9. The largest absolute Gasteiger partial charge is 0.480 e. The number of nitriles is 2. The second-order valence-corrected chi connectivity index (χ2v) is 9.59. The second-order valence-electron chi connectivity index (χ2n) is 7.76. The monoisotopic (exact) mass is 463 g/mol. The van der Waals surface area contributed by atoms with Crippen LogP contribution in [0.25, 0.3) is 0 Å². The Hall–Kier alpha value is -3.57. The van der Waals surface area contributed by atoms with E-state index in [0.29, 0.717) is 10.4 Å². The van der Waals surface area contributed by atoms with E-state index in [9.17, 15) is 31.6 Å². The predicted molar refractivity (Wildman–Crippen MR) is 104 cm³/mol. The smallest absolute Gasteiger partial charge is 0.417 e. The topological polar surface area (TPSA) is 111 Å². The van der Waals surface area contributed by atoms with Crippen LogP contribution in [0.2, 0.25) is 0 Å². The fraction of sp³-hybridized carbons (Fsp3) is 0.286. The van der Waals surface area contributed by atoms with E-state index in [4.69, 9.17) is 10.00 Å². The first-order valence-corrected chi connectivity index (χ1v) is 10.6. The highest BCUT2D eigenvalue weighted by molar-refractivity contribution is 7.89. The lowest BCUT2D eigenvalue weighted by Crippen LogP contribution is -2.38. The molecule has 0 aliphatic carbocycles. The maximum atomic E-state index is 13.2. The fourth-order valence-corrected chi connectivity index (χ4v) is 5.09. The zero-order valence-corrected chi connectivity index (χ0v) is 17.7. The molecule has 2 aromatic carbocycles. The molecule has 166 valence electrons. The highest BCUT2D eigenvalue weighted by Gasteiger charge is 2.53. The van der Waals surface area contributed by atoms with Crippen LogP contribution in [0.4, 0.5) is 13.2 Å². The first kappa shape index (κ1) is 23.1. The molecule has 0 bridgehead atoms.